The highest BCUT2D eigenvalue weighted by molar-refractivity contribution is 5.92. The fraction of sp³-hybridized carbons (Fsp3) is 0.579. The second kappa shape index (κ2) is 6.07. The Labute approximate surface area is 153 Å². The largest absolute Gasteiger partial charge is 0.360 e. The molecule has 2 aromatic heterocycles. The van der Waals surface area contributed by atoms with Gasteiger partial charge in [0.1, 0.15) is 5.76 Å². The maximum atomic E-state index is 12.6. The highest BCUT2D eigenvalue weighted by Gasteiger charge is 2.36. The van der Waals surface area contributed by atoms with Gasteiger partial charge in [-0.1, -0.05) is 25.9 Å². The molecule has 0 unspecified atom stereocenters. The Morgan fingerprint density at radius 2 is 1.96 bits per heavy atom. The van der Waals surface area contributed by atoms with E-state index in [1.165, 1.54) is 0 Å². The zero-order chi connectivity index (χ0) is 18.5. The third-order valence-corrected chi connectivity index (χ3v) is 5.20. The number of hydrogen-bond acceptors (Lipinski definition) is 6. The molecule has 1 saturated carbocycles. The highest BCUT2D eigenvalue weighted by Crippen LogP contribution is 2.40. The van der Waals surface area contributed by atoms with E-state index in [1.807, 2.05) is 19.2 Å². The molecule has 1 aliphatic carbocycles. The molecule has 138 valence electrons. The van der Waals surface area contributed by atoms with Crippen molar-refractivity contribution in [1.82, 2.24) is 20.3 Å². The van der Waals surface area contributed by atoms with E-state index in [4.69, 9.17) is 4.52 Å². The second-order valence-electron chi connectivity index (χ2n) is 8.39. The number of anilines is 1. The summed E-state index contributed by atoms with van der Waals surface area (Å²) in [6.07, 6.45) is 2.26. The molecule has 0 N–H and O–H groups in total. The van der Waals surface area contributed by atoms with Crippen molar-refractivity contribution in [2.24, 2.45) is 0 Å². The van der Waals surface area contributed by atoms with Crippen LogP contribution < -0.4 is 4.90 Å². The first-order valence-corrected chi connectivity index (χ1v) is 9.16. The van der Waals surface area contributed by atoms with Crippen molar-refractivity contribution in [3.05, 3.63) is 35.3 Å². The summed E-state index contributed by atoms with van der Waals surface area (Å²) >= 11 is 0. The van der Waals surface area contributed by atoms with Crippen LogP contribution in [0.1, 0.15) is 61.5 Å². The quantitative estimate of drug-likeness (QED) is 0.839. The molecule has 2 aromatic rings. The van der Waals surface area contributed by atoms with Crippen LogP contribution in [0.15, 0.2) is 22.7 Å². The van der Waals surface area contributed by atoms with Gasteiger partial charge in [-0.2, -0.15) is 5.10 Å². The van der Waals surface area contributed by atoms with Crippen molar-refractivity contribution in [2.75, 3.05) is 25.0 Å². The number of carbonyl (C=O) groups excluding carboxylic acids is 1. The molecular weight excluding hydrogens is 330 g/mol. The van der Waals surface area contributed by atoms with Crippen LogP contribution in [0.2, 0.25) is 0 Å². The van der Waals surface area contributed by atoms with E-state index in [0.29, 0.717) is 11.6 Å². The maximum absolute atomic E-state index is 12.6. The molecule has 0 radical (unpaired) electrons. The van der Waals surface area contributed by atoms with Gasteiger partial charge in [-0.25, -0.2) is 0 Å². The fourth-order valence-corrected chi connectivity index (χ4v) is 3.08. The first kappa shape index (κ1) is 17.0. The van der Waals surface area contributed by atoms with Gasteiger partial charge in [0.2, 0.25) is 0 Å². The topological polar surface area (TPSA) is 75.4 Å². The third-order valence-electron chi connectivity index (χ3n) is 5.20. The summed E-state index contributed by atoms with van der Waals surface area (Å²) in [4.78, 5) is 16.5. The minimum Gasteiger partial charge on any atom is -0.360 e. The van der Waals surface area contributed by atoms with E-state index in [1.54, 1.807) is 11.0 Å². The van der Waals surface area contributed by atoms with Crippen LogP contribution in [0, 0.1) is 0 Å². The molecule has 4 rings (SSSR count). The predicted molar refractivity (Wildman–Crippen MR) is 97.3 cm³/mol. The van der Waals surface area contributed by atoms with Crippen molar-refractivity contribution in [2.45, 2.75) is 51.0 Å². The minimum absolute atomic E-state index is 0.00738. The Kier molecular flexibility index (Phi) is 3.97. The molecule has 1 saturated heterocycles. The predicted octanol–water partition coefficient (Wildman–Crippen LogP) is 2.60. The molecule has 26 heavy (non-hydrogen) atoms. The van der Waals surface area contributed by atoms with Crippen LogP contribution in [0.4, 0.5) is 5.82 Å². The summed E-state index contributed by atoms with van der Waals surface area (Å²) in [6.45, 7) is 7.86. The lowest BCUT2D eigenvalue weighted by atomic mass is 9.92. The SMILES string of the molecule is CN(C(=O)c1cc(C2CC2)on1)C1CN(c2ccc(C(C)(C)C)nn2)C1. The summed E-state index contributed by atoms with van der Waals surface area (Å²) in [5.41, 5.74) is 1.37. The van der Waals surface area contributed by atoms with E-state index in [9.17, 15) is 4.79 Å². The number of likely N-dealkylation sites (N-methyl/N-ethyl adjacent to an activating group) is 1. The van der Waals surface area contributed by atoms with Crippen LogP contribution in [-0.4, -0.2) is 52.3 Å². The molecule has 3 heterocycles. The molecule has 7 nitrogen and oxygen atoms in total. The summed E-state index contributed by atoms with van der Waals surface area (Å²) in [5.74, 6) is 2.07. The number of rotatable bonds is 4. The smallest absolute Gasteiger partial charge is 0.276 e. The molecule has 1 amide bonds. The summed E-state index contributed by atoms with van der Waals surface area (Å²) in [5, 5.41) is 12.6. The van der Waals surface area contributed by atoms with Gasteiger partial charge in [0.05, 0.1) is 11.7 Å². The zero-order valence-electron chi connectivity index (χ0n) is 15.8. The van der Waals surface area contributed by atoms with Gasteiger partial charge in [-0.15, -0.1) is 5.10 Å². The van der Waals surface area contributed by atoms with Crippen LogP contribution in [0.25, 0.3) is 0 Å². The normalized spacial score (nSPS) is 17.9. The Morgan fingerprint density at radius 1 is 1.23 bits per heavy atom. The molecule has 2 fully saturated rings. The van der Waals surface area contributed by atoms with Crippen molar-refractivity contribution in [3.8, 4) is 0 Å². The molecule has 0 atom stereocenters. The van der Waals surface area contributed by atoms with Crippen molar-refractivity contribution < 1.29 is 9.32 Å². The second-order valence-corrected chi connectivity index (χ2v) is 8.39. The van der Waals surface area contributed by atoms with Gasteiger partial charge in [-0.3, -0.25) is 4.79 Å². The number of amides is 1. The van der Waals surface area contributed by atoms with Crippen LogP contribution in [0.5, 0.6) is 0 Å². The first-order chi connectivity index (χ1) is 12.3. The highest BCUT2D eigenvalue weighted by atomic mass is 16.5. The Balaban J connectivity index is 1.35. The third kappa shape index (κ3) is 3.18. The lowest BCUT2D eigenvalue weighted by Gasteiger charge is -2.44. The average molecular weight is 355 g/mol. The Hall–Kier alpha value is -2.44. The lowest BCUT2D eigenvalue weighted by molar-refractivity contribution is 0.0694. The van der Waals surface area contributed by atoms with E-state index in [0.717, 1.165) is 43.2 Å². The number of nitrogens with zero attached hydrogens (tertiary/aromatic N) is 5. The molecule has 2 aliphatic rings. The molecule has 0 bridgehead atoms. The Morgan fingerprint density at radius 3 is 2.54 bits per heavy atom. The van der Waals surface area contributed by atoms with Gasteiger partial charge in [0.15, 0.2) is 11.5 Å². The first-order valence-electron chi connectivity index (χ1n) is 9.16. The average Bonchev–Trinajstić information content (AvgIpc) is 3.29. The summed E-state index contributed by atoms with van der Waals surface area (Å²) in [6, 6.07) is 5.97. The van der Waals surface area contributed by atoms with Crippen molar-refractivity contribution >= 4 is 11.7 Å². The summed E-state index contributed by atoms with van der Waals surface area (Å²) < 4.78 is 5.29. The standard InChI is InChI=1S/C19H25N5O2/c1-19(2,3)16-7-8-17(21-20-16)24-10-13(11-24)23(4)18(25)14-9-15(26-22-14)12-5-6-12/h7-9,12-13H,5-6,10-11H2,1-4H3. The summed E-state index contributed by atoms with van der Waals surface area (Å²) in [7, 11) is 1.82. The van der Waals surface area contributed by atoms with E-state index < -0.39 is 0 Å². The van der Waals surface area contributed by atoms with Gasteiger partial charge in [0.25, 0.3) is 5.91 Å². The van der Waals surface area contributed by atoms with E-state index >= 15 is 0 Å². The molecule has 7 heteroatoms. The van der Waals surface area contributed by atoms with Crippen LogP contribution in [-0.2, 0) is 5.41 Å². The lowest BCUT2D eigenvalue weighted by Crippen LogP contribution is -2.60. The molecule has 0 aromatic carbocycles. The fourth-order valence-electron chi connectivity index (χ4n) is 3.08. The van der Waals surface area contributed by atoms with Crippen molar-refractivity contribution in [1.29, 1.82) is 0 Å². The number of aromatic nitrogens is 3. The molecule has 1 aliphatic heterocycles. The van der Waals surface area contributed by atoms with E-state index in [-0.39, 0.29) is 17.4 Å². The monoisotopic (exact) mass is 355 g/mol. The minimum atomic E-state index is -0.0838. The zero-order valence-corrected chi connectivity index (χ0v) is 15.8. The molecule has 0 spiro atoms. The van der Waals surface area contributed by atoms with E-state index in [2.05, 4.69) is 41.0 Å². The van der Waals surface area contributed by atoms with Gasteiger partial charge < -0.3 is 14.3 Å². The van der Waals surface area contributed by atoms with Gasteiger partial charge >= 0.3 is 0 Å². The maximum Gasteiger partial charge on any atom is 0.276 e. The van der Waals surface area contributed by atoms with Crippen LogP contribution in [0.3, 0.4) is 0 Å². The van der Waals surface area contributed by atoms with Crippen molar-refractivity contribution in [3.63, 3.8) is 0 Å². The van der Waals surface area contributed by atoms with Gasteiger partial charge in [0, 0.05) is 37.5 Å². The molecular formula is C19H25N5O2. The Bertz CT molecular complexity index is 798. The number of carbonyl (C=O) groups is 1. The van der Waals surface area contributed by atoms with Crippen LogP contribution >= 0.6 is 0 Å². The van der Waals surface area contributed by atoms with Gasteiger partial charge in [-0.05, 0) is 25.0 Å². The number of hydrogen-bond donors (Lipinski definition) is 0.